The summed E-state index contributed by atoms with van der Waals surface area (Å²) >= 11 is 0. The molecule has 1 N–H and O–H groups in total. The number of nitrogens with one attached hydrogen (secondary N) is 1. The van der Waals surface area contributed by atoms with Crippen molar-refractivity contribution in [2.75, 3.05) is 6.54 Å². The summed E-state index contributed by atoms with van der Waals surface area (Å²) in [5.41, 5.74) is 0.943. The highest BCUT2D eigenvalue weighted by Crippen LogP contribution is 2.03. The molecule has 1 aromatic heterocycles. The van der Waals surface area contributed by atoms with Crippen molar-refractivity contribution in [1.29, 1.82) is 5.26 Å². The monoisotopic (exact) mass is 241 g/mol. The molecule has 0 saturated carbocycles. The van der Waals surface area contributed by atoms with Crippen molar-refractivity contribution in [3.8, 4) is 6.07 Å². The number of carbonyl (C=O) groups is 1. The fourth-order valence-electron chi connectivity index (χ4n) is 1.46. The molecule has 0 aliphatic heterocycles. The summed E-state index contributed by atoms with van der Waals surface area (Å²) in [5, 5.41) is 19.3. The summed E-state index contributed by atoms with van der Waals surface area (Å²) < 4.78 is 0. The number of hydrogen-bond donors (Lipinski definition) is 1. The van der Waals surface area contributed by atoms with Gasteiger partial charge >= 0.3 is 0 Å². The van der Waals surface area contributed by atoms with Crippen LogP contribution in [0.4, 0.5) is 0 Å². The molecule has 1 heterocycles. The lowest BCUT2D eigenvalue weighted by Gasteiger charge is -2.04. The first-order chi connectivity index (χ1) is 8.79. The average molecular weight is 241 g/mol. The Morgan fingerprint density at radius 1 is 1.39 bits per heavy atom. The van der Waals surface area contributed by atoms with Crippen LogP contribution in [0.1, 0.15) is 15.9 Å². The van der Waals surface area contributed by atoms with E-state index in [0.717, 1.165) is 0 Å². The number of aromatic nitrogens is 3. The van der Waals surface area contributed by atoms with Crippen LogP contribution in [-0.4, -0.2) is 27.4 Å². The van der Waals surface area contributed by atoms with Gasteiger partial charge in [-0.3, -0.25) is 4.79 Å². The molecule has 0 spiro atoms. The third kappa shape index (κ3) is 2.92. The maximum absolute atomic E-state index is 11.8. The van der Waals surface area contributed by atoms with Crippen molar-refractivity contribution in [2.24, 2.45) is 0 Å². The van der Waals surface area contributed by atoms with E-state index in [1.165, 1.54) is 4.80 Å². The Morgan fingerprint density at radius 3 is 2.89 bits per heavy atom. The average Bonchev–Trinajstić information content (AvgIpc) is 2.92. The molecule has 0 atom stereocenters. The van der Waals surface area contributed by atoms with E-state index in [-0.39, 0.29) is 5.91 Å². The Labute approximate surface area is 104 Å². The lowest BCUT2D eigenvalue weighted by atomic mass is 10.1. The molecule has 0 radical (unpaired) electrons. The fourth-order valence-corrected chi connectivity index (χ4v) is 1.46. The topological polar surface area (TPSA) is 83.6 Å². The Kier molecular flexibility index (Phi) is 3.66. The molecule has 0 saturated heterocycles. The van der Waals surface area contributed by atoms with Gasteiger partial charge in [0.1, 0.15) is 0 Å². The molecule has 90 valence electrons. The minimum Gasteiger partial charge on any atom is -0.350 e. The van der Waals surface area contributed by atoms with Crippen LogP contribution < -0.4 is 5.32 Å². The van der Waals surface area contributed by atoms with Gasteiger partial charge in [0.2, 0.25) is 0 Å². The van der Waals surface area contributed by atoms with E-state index in [2.05, 4.69) is 15.5 Å². The highest BCUT2D eigenvalue weighted by Gasteiger charge is 2.05. The van der Waals surface area contributed by atoms with Crippen molar-refractivity contribution in [2.45, 2.75) is 6.54 Å². The summed E-state index contributed by atoms with van der Waals surface area (Å²) in [6.07, 6.45) is 3.16. The molecule has 2 aromatic rings. The number of rotatable bonds is 4. The molecule has 0 aliphatic carbocycles. The molecule has 6 heteroatoms. The third-order valence-corrected chi connectivity index (χ3v) is 2.32. The second kappa shape index (κ2) is 5.59. The number of nitriles is 1. The predicted molar refractivity (Wildman–Crippen MR) is 63.5 cm³/mol. The highest BCUT2D eigenvalue weighted by molar-refractivity contribution is 5.94. The minimum atomic E-state index is -0.209. The summed E-state index contributed by atoms with van der Waals surface area (Å²) in [4.78, 5) is 13.3. The molecule has 1 aromatic carbocycles. The van der Waals surface area contributed by atoms with Gasteiger partial charge in [0.15, 0.2) is 0 Å². The number of carbonyl (C=O) groups excluding carboxylic acids is 1. The first-order valence-electron chi connectivity index (χ1n) is 5.42. The third-order valence-electron chi connectivity index (χ3n) is 2.32. The minimum absolute atomic E-state index is 0.209. The molecular formula is C12H11N5O. The smallest absolute Gasteiger partial charge is 0.251 e. The van der Waals surface area contributed by atoms with Gasteiger partial charge in [-0.25, -0.2) is 0 Å². The maximum Gasteiger partial charge on any atom is 0.251 e. The van der Waals surface area contributed by atoms with Crippen molar-refractivity contribution >= 4 is 5.91 Å². The van der Waals surface area contributed by atoms with Crippen LogP contribution in [0.5, 0.6) is 0 Å². The first-order valence-corrected chi connectivity index (χ1v) is 5.42. The highest BCUT2D eigenvalue weighted by atomic mass is 16.1. The molecule has 18 heavy (non-hydrogen) atoms. The zero-order valence-electron chi connectivity index (χ0n) is 9.58. The number of amides is 1. The van der Waals surface area contributed by atoms with Crippen LogP contribution in [0.25, 0.3) is 0 Å². The Hall–Kier alpha value is -2.68. The van der Waals surface area contributed by atoms with E-state index >= 15 is 0 Å². The van der Waals surface area contributed by atoms with Crippen molar-refractivity contribution in [3.05, 3.63) is 47.8 Å². The van der Waals surface area contributed by atoms with Gasteiger partial charge in [0, 0.05) is 12.1 Å². The van der Waals surface area contributed by atoms with Crippen molar-refractivity contribution in [3.63, 3.8) is 0 Å². The van der Waals surface area contributed by atoms with E-state index in [0.29, 0.717) is 24.2 Å². The Balaban J connectivity index is 1.89. The fraction of sp³-hybridized carbons (Fsp3) is 0.167. The molecule has 0 fully saturated rings. The second-order valence-corrected chi connectivity index (χ2v) is 3.57. The van der Waals surface area contributed by atoms with Crippen molar-refractivity contribution < 1.29 is 4.79 Å². The molecule has 0 bridgehead atoms. The van der Waals surface area contributed by atoms with Crippen LogP contribution in [0.15, 0.2) is 36.7 Å². The van der Waals surface area contributed by atoms with Gasteiger partial charge in [0.05, 0.1) is 30.6 Å². The molecule has 6 nitrogen and oxygen atoms in total. The summed E-state index contributed by atoms with van der Waals surface area (Å²) in [6.45, 7) is 0.945. The molecule has 0 unspecified atom stereocenters. The first kappa shape index (κ1) is 11.8. The molecular weight excluding hydrogens is 230 g/mol. The van der Waals surface area contributed by atoms with Gasteiger partial charge in [-0.1, -0.05) is 6.07 Å². The quantitative estimate of drug-likeness (QED) is 0.848. The Bertz CT molecular complexity index is 570. The lowest BCUT2D eigenvalue weighted by molar-refractivity contribution is 0.0951. The van der Waals surface area contributed by atoms with Crippen LogP contribution in [0.2, 0.25) is 0 Å². The number of hydrogen-bond acceptors (Lipinski definition) is 4. The standard InChI is InChI=1S/C12H11N5O/c13-9-10-2-1-3-11(8-10)12(18)14-6-7-17-15-4-5-16-17/h1-5,8H,6-7H2,(H,14,18). The SMILES string of the molecule is N#Cc1cccc(C(=O)NCCn2nccn2)c1. The van der Waals surface area contributed by atoms with E-state index in [4.69, 9.17) is 5.26 Å². The zero-order valence-corrected chi connectivity index (χ0v) is 9.58. The Morgan fingerprint density at radius 2 is 2.17 bits per heavy atom. The van der Waals surface area contributed by atoms with Gasteiger partial charge in [0.25, 0.3) is 5.91 Å². The van der Waals surface area contributed by atoms with Gasteiger partial charge < -0.3 is 5.32 Å². The molecule has 0 aliphatic rings. The van der Waals surface area contributed by atoms with Crippen LogP contribution in [-0.2, 0) is 6.54 Å². The second-order valence-electron chi connectivity index (χ2n) is 3.57. The number of benzene rings is 1. The summed E-state index contributed by atoms with van der Waals surface area (Å²) in [6, 6.07) is 8.56. The van der Waals surface area contributed by atoms with Crippen LogP contribution in [0.3, 0.4) is 0 Å². The normalized spacial score (nSPS) is 9.72. The van der Waals surface area contributed by atoms with E-state index in [1.54, 1.807) is 36.7 Å². The van der Waals surface area contributed by atoms with Crippen molar-refractivity contribution in [1.82, 2.24) is 20.3 Å². The summed E-state index contributed by atoms with van der Waals surface area (Å²) in [7, 11) is 0. The van der Waals surface area contributed by atoms with Crippen LogP contribution in [0, 0.1) is 11.3 Å². The zero-order chi connectivity index (χ0) is 12.8. The largest absolute Gasteiger partial charge is 0.350 e. The molecule has 2 rings (SSSR count). The summed E-state index contributed by atoms with van der Waals surface area (Å²) in [5.74, 6) is -0.209. The van der Waals surface area contributed by atoms with E-state index < -0.39 is 0 Å². The van der Waals surface area contributed by atoms with E-state index in [1.807, 2.05) is 6.07 Å². The van der Waals surface area contributed by atoms with Gasteiger partial charge in [-0.05, 0) is 18.2 Å². The lowest BCUT2D eigenvalue weighted by Crippen LogP contribution is -2.27. The predicted octanol–water partition coefficient (Wildman–Crippen LogP) is 0.580. The van der Waals surface area contributed by atoms with Crippen LogP contribution >= 0.6 is 0 Å². The van der Waals surface area contributed by atoms with Gasteiger partial charge in [-0.15, -0.1) is 0 Å². The van der Waals surface area contributed by atoms with Gasteiger partial charge in [-0.2, -0.15) is 20.3 Å². The van der Waals surface area contributed by atoms with E-state index in [9.17, 15) is 4.79 Å². The number of nitrogens with zero attached hydrogens (tertiary/aromatic N) is 4. The maximum atomic E-state index is 11.8. The molecule has 1 amide bonds.